The predicted molar refractivity (Wildman–Crippen MR) is 122 cm³/mol. The average Bonchev–Trinajstić information content (AvgIpc) is 2.77. The number of hydrogen-bond acceptors (Lipinski definition) is 3. The van der Waals surface area contributed by atoms with Crippen LogP contribution in [-0.2, 0) is 27.6 Å². The number of allylic oxidation sites excluding steroid dienone is 1. The lowest BCUT2D eigenvalue weighted by Crippen LogP contribution is -2.43. The third kappa shape index (κ3) is 4.78. The number of hydrogen-bond donors (Lipinski definition) is 0. The quantitative estimate of drug-likeness (QED) is 0.569. The lowest BCUT2D eigenvalue weighted by Gasteiger charge is -2.31. The molecule has 0 fully saturated rings. The molecular weight excluding hydrogens is 406 g/mol. The fraction of sp³-hybridized carbons (Fsp3) is 0.192. The molecule has 1 aliphatic heterocycles. The lowest BCUT2D eigenvalue weighted by atomic mass is 9.98. The smallest absolute Gasteiger partial charge is 0.245 e. The molecular formula is C26H25NO3S. The molecule has 0 saturated carbocycles. The molecule has 4 rings (SSSR count). The van der Waals surface area contributed by atoms with Crippen LogP contribution in [0.25, 0.3) is 0 Å². The second kappa shape index (κ2) is 8.90. The summed E-state index contributed by atoms with van der Waals surface area (Å²) in [6.07, 6.45) is 2.65. The third-order valence-corrected chi connectivity index (χ3v) is 7.59. The van der Waals surface area contributed by atoms with Gasteiger partial charge in [-0.15, -0.1) is 0 Å². The van der Waals surface area contributed by atoms with Gasteiger partial charge in [-0.05, 0) is 48.6 Å². The first-order chi connectivity index (χ1) is 14.9. The zero-order valence-electron chi connectivity index (χ0n) is 17.4. The van der Waals surface area contributed by atoms with E-state index < -0.39 is 15.1 Å². The fourth-order valence-corrected chi connectivity index (χ4v) is 5.54. The van der Waals surface area contributed by atoms with Gasteiger partial charge in [-0.3, -0.25) is 4.79 Å². The van der Waals surface area contributed by atoms with Gasteiger partial charge in [0, 0.05) is 6.20 Å². The Bertz CT molecular complexity index is 1180. The largest absolute Gasteiger partial charge is 0.314 e. The van der Waals surface area contributed by atoms with Gasteiger partial charge in [-0.1, -0.05) is 78.4 Å². The van der Waals surface area contributed by atoms with Crippen LogP contribution in [0, 0.1) is 6.92 Å². The molecule has 0 aliphatic carbocycles. The molecule has 3 aromatic rings. The highest BCUT2D eigenvalue weighted by Gasteiger charge is 2.39. The SMILES string of the molecule is Cc1ccc(S(=O)(=O)C2CC(Cc3ccccc3)=CN(Cc3ccccc3)C2=O)cc1. The van der Waals surface area contributed by atoms with Gasteiger partial charge in [0.25, 0.3) is 0 Å². The Kier molecular flexibility index (Phi) is 6.05. The number of benzene rings is 3. The van der Waals surface area contributed by atoms with Crippen molar-refractivity contribution in [1.82, 2.24) is 4.90 Å². The summed E-state index contributed by atoms with van der Waals surface area (Å²) >= 11 is 0. The van der Waals surface area contributed by atoms with E-state index in [1.165, 1.54) is 0 Å². The molecule has 5 heteroatoms. The van der Waals surface area contributed by atoms with Gasteiger partial charge in [0.05, 0.1) is 11.4 Å². The number of rotatable bonds is 6. The summed E-state index contributed by atoms with van der Waals surface area (Å²) in [7, 11) is -3.81. The van der Waals surface area contributed by atoms with Gasteiger partial charge in [-0.25, -0.2) is 8.42 Å². The fourth-order valence-electron chi connectivity index (χ4n) is 3.86. The number of sulfone groups is 1. The number of amides is 1. The number of carbonyl (C=O) groups excluding carboxylic acids is 1. The Morgan fingerprint density at radius 3 is 2.03 bits per heavy atom. The Labute approximate surface area is 183 Å². The average molecular weight is 432 g/mol. The van der Waals surface area contributed by atoms with E-state index in [1.807, 2.05) is 73.8 Å². The van der Waals surface area contributed by atoms with E-state index >= 15 is 0 Å². The lowest BCUT2D eigenvalue weighted by molar-refractivity contribution is -0.129. The van der Waals surface area contributed by atoms with Gasteiger partial charge >= 0.3 is 0 Å². The highest BCUT2D eigenvalue weighted by atomic mass is 32.2. The van der Waals surface area contributed by atoms with Crippen LogP contribution in [-0.4, -0.2) is 24.5 Å². The first-order valence-corrected chi connectivity index (χ1v) is 11.9. The molecule has 1 amide bonds. The Hall–Kier alpha value is -3.18. The number of nitrogens with zero attached hydrogens (tertiary/aromatic N) is 1. The molecule has 31 heavy (non-hydrogen) atoms. The van der Waals surface area contributed by atoms with Crippen LogP contribution in [0.15, 0.2) is 102 Å². The first kappa shape index (κ1) is 21.1. The van der Waals surface area contributed by atoms with Crippen molar-refractivity contribution in [3.05, 3.63) is 113 Å². The van der Waals surface area contributed by atoms with Gasteiger partial charge < -0.3 is 4.90 Å². The number of aryl methyl sites for hydroxylation is 1. The van der Waals surface area contributed by atoms with Crippen LogP contribution in [0.1, 0.15) is 23.1 Å². The van der Waals surface area contributed by atoms with Crippen molar-refractivity contribution in [3.8, 4) is 0 Å². The molecule has 0 N–H and O–H groups in total. The van der Waals surface area contributed by atoms with Gasteiger partial charge in [0.15, 0.2) is 9.84 Å². The summed E-state index contributed by atoms with van der Waals surface area (Å²) in [5, 5.41) is -1.12. The Morgan fingerprint density at radius 1 is 0.839 bits per heavy atom. The standard InChI is InChI=1S/C26H25NO3S/c1-20-12-14-24(15-13-20)31(29,30)25-17-23(16-21-8-4-2-5-9-21)19-27(26(25)28)18-22-10-6-3-7-11-22/h2-15,19,25H,16-18H2,1H3. The van der Waals surface area contributed by atoms with Crippen molar-refractivity contribution < 1.29 is 13.2 Å². The zero-order chi connectivity index (χ0) is 21.8. The summed E-state index contributed by atoms with van der Waals surface area (Å²) in [6.45, 7) is 2.25. The zero-order valence-corrected chi connectivity index (χ0v) is 18.3. The van der Waals surface area contributed by atoms with Crippen LogP contribution in [0.4, 0.5) is 0 Å². The van der Waals surface area contributed by atoms with Crippen molar-refractivity contribution in [2.24, 2.45) is 0 Å². The van der Waals surface area contributed by atoms with E-state index in [0.29, 0.717) is 13.0 Å². The summed E-state index contributed by atoms with van der Waals surface area (Å²) < 4.78 is 26.9. The molecule has 4 nitrogen and oxygen atoms in total. The van der Waals surface area contributed by atoms with Crippen molar-refractivity contribution in [1.29, 1.82) is 0 Å². The van der Waals surface area contributed by atoms with Gasteiger partial charge in [-0.2, -0.15) is 0 Å². The van der Waals surface area contributed by atoms with E-state index in [1.54, 1.807) is 29.2 Å². The Balaban J connectivity index is 1.69. The van der Waals surface area contributed by atoms with E-state index in [9.17, 15) is 13.2 Å². The second-order valence-electron chi connectivity index (χ2n) is 7.95. The molecule has 0 bridgehead atoms. The highest BCUT2D eigenvalue weighted by molar-refractivity contribution is 7.92. The molecule has 1 atom stereocenters. The molecule has 1 heterocycles. The van der Waals surface area contributed by atoms with Crippen molar-refractivity contribution in [2.75, 3.05) is 0 Å². The maximum atomic E-state index is 13.4. The second-order valence-corrected chi connectivity index (χ2v) is 10.1. The predicted octanol–water partition coefficient (Wildman–Crippen LogP) is 4.70. The number of carbonyl (C=O) groups is 1. The molecule has 3 aromatic carbocycles. The van der Waals surface area contributed by atoms with Crippen LogP contribution >= 0.6 is 0 Å². The monoisotopic (exact) mass is 431 g/mol. The van der Waals surface area contributed by atoms with Crippen molar-refractivity contribution in [2.45, 2.75) is 36.5 Å². The normalized spacial score (nSPS) is 16.8. The van der Waals surface area contributed by atoms with Crippen molar-refractivity contribution >= 4 is 15.7 Å². The van der Waals surface area contributed by atoms with Gasteiger partial charge in [0.1, 0.15) is 5.25 Å². The molecule has 158 valence electrons. The minimum atomic E-state index is -3.81. The van der Waals surface area contributed by atoms with Gasteiger partial charge in [0.2, 0.25) is 5.91 Å². The molecule has 0 spiro atoms. The topological polar surface area (TPSA) is 54.5 Å². The molecule has 0 saturated heterocycles. The van der Waals surface area contributed by atoms with E-state index in [4.69, 9.17) is 0 Å². The molecule has 1 aliphatic rings. The molecule has 1 unspecified atom stereocenters. The molecule has 0 radical (unpaired) electrons. The summed E-state index contributed by atoms with van der Waals surface area (Å²) in [5.41, 5.74) is 3.96. The minimum absolute atomic E-state index is 0.192. The van der Waals surface area contributed by atoms with E-state index in [-0.39, 0.29) is 17.2 Å². The Morgan fingerprint density at radius 2 is 1.42 bits per heavy atom. The van der Waals surface area contributed by atoms with E-state index in [2.05, 4.69) is 0 Å². The maximum absolute atomic E-state index is 13.4. The maximum Gasteiger partial charge on any atom is 0.245 e. The first-order valence-electron chi connectivity index (χ1n) is 10.3. The van der Waals surface area contributed by atoms with Crippen LogP contribution in [0.2, 0.25) is 0 Å². The summed E-state index contributed by atoms with van der Waals surface area (Å²) in [6, 6.07) is 26.3. The highest BCUT2D eigenvalue weighted by Crippen LogP contribution is 2.30. The summed E-state index contributed by atoms with van der Waals surface area (Å²) in [4.78, 5) is 15.1. The molecule has 0 aromatic heterocycles. The van der Waals surface area contributed by atoms with Crippen LogP contribution in [0.5, 0.6) is 0 Å². The third-order valence-electron chi connectivity index (χ3n) is 5.54. The van der Waals surface area contributed by atoms with Crippen molar-refractivity contribution in [3.63, 3.8) is 0 Å². The summed E-state index contributed by atoms with van der Waals surface area (Å²) in [5.74, 6) is -0.374. The van der Waals surface area contributed by atoms with E-state index in [0.717, 1.165) is 22.3 Å². The minimum Gasteiger partial charge on any atom is -0.314 e. The van der Waals surface area contributed by atoms with Crippen LogP contribution < -0.4 is 0 Å². The van der Waals surface area contributed by atoms with Crippen LogP contribution in [0.3, 0.4) is 0 Å².